The third kappa shape index (κ3) is 5.26. The van der Waals surface area contributed by atoms with Crippen molar-refractivity contribution >= 4 is 12.1 Å². The number of allylic oxidation sites excluding steroid dienone is 4. The number of carbonyl (C=O) groups is 2. The molecule has 2 atom stereocenters. The number of hydrogen-bond donors (Lipinski definition) is 0. The standard InChI is InChI=1S/C23H30O2/c1-16-6-7-21(20-13-17(2)12-19(14-20)15-24)18(3)22(25)9-11-23(4,5)10-8-16/h8-9,11-15,18,21H,6-7,10H2,1-5H3/b11-9+,16-8+/t18-,21?/m1/s1. The number of rotatable bonds is 2. The molecule has 0 amide bonds. The van der Waals surface area contributed by atoms with E-state index in [4.69, 9.17) is 0 Å². The predicted molar refractivity (Wildman–Crippen MR) is 104 cm³/mol. The van der Waals surface area contributed by atoms with E-state index in [1.807, 2.05) is 32.1 Å². The summed E-state index contributed by atoms with van der Waals surface area (Å²) < 4.78 is 0. The Morgan fingerprint density at radius 2 is 1.88 bits per heavy atom. The molecule has 0 saturated carbocycles. The van der Waals surface area contributed by atoms with E-state index in [-0.39, 0.29) is 23.0 Å². The van der Waals surface area contributed by atoms with Crippen LogP contribution in [-0.2, 0) is 4.79 Å². The molecule has 0 saturated heterocycles. The zero-order valence-corrected chi connectivity index (χ0v) is 16.1. The maximum absolute atomic E-state index is 12.8. The van der Waals surface area contributed by atoms with Crippen LogP contribution < -0.4 is 0 Å². The van der Waals surface area contributed by atoms with E-state index in [0.29, 0.717) is 5.56 Å². The molecule has 1 aliphatic carbocycles. The van der Waals surface area contributed by atoms with Crippen LogP contribution in [0.2, 0.25) is 0 Å². The summed E-state index contributed by atoms with van der Waals surface area (Å²) in [6.07, 6.45) is 9.85. The van der Waals surface area contributed by atoms with Gasteiger partial charge in [0.05, 0.1) is 0 Å². The fraction of sp³-hybridized carbons (Fsp3) is 0.478. The van der Waals surface area contributed by atoms with Crippen LogP contribution in [-0.4, -0.2) is 12.1 Å². The van der Waals surface area contributed by atoms with Gasteiger partial charge in [0.2, 0.25) is 0 Å². The number of aryl methyl sites for hydroxylation is 1. The van der Waals surface area contributed by atoms with Gasteiger partial charge < -0.3 is 0 Å². The molecule has 0 heterocycles. The molecule has 2 rings (SSSR count). The quantitative estimate of drug-likeness (QED) is 0.504. The summed E-state index contributed by atoms with van der Waals surface area (Å²) in [4.78, 5) is 24.0. The molecule has 0 aliphatic heterocycles. The normalized spacial score (nSPS) is 27.7. The smallest absolute Gasteiger partial charge is 0.158 e. The lowest BCUT2D eigenvalue weighted by molar-refractivity contribution is -0.118. The van der Waals surface area contributed by atoms with Gasteiger partial charge in [-0.1, -0.05) is 50.1 Å². The first kappa shape index (κ1) is 19.4. The van der Waals surface area contributed by atoms with Crippen molar-refractivity contribution in [2.75, 3.05) is 0 Å². The molecule has 2 nitrogen and oxygen atoms in total. The number of benzene rings is 1. The topological polar surface area (TPSA) is 34.1 Å². The van der Waals surface area contributed by atoms with Crippen LogP contribution in [0.25, 0.3) is 0 Å². The van der Waals surface area contributed by atoms with Gasteiger partial charge in [0.25, 0.3) is 0 Å². The van der Waals surface area contributed by atoms with Crippen molar-refractivity contribution in [3.05, 3.63) is 58.7 Å². The van der Waals surface area contributed by atoms with Crippen molar-refractivity contribution in [2.45, 2.75) is 59.8 Å². The van der Waals surface area contributed by atoms with Crippen LogP contribution in [0.15, 0.2) is 42.0 Å². The summed E-state index contributed by atoms with van der Waals surface area (Å²) in [5.74, 6) is 0.200. The highest BCUT2D eigenvalue weighted by molar-refractivity contribution is 5.92. The average Bonchev–Trinajstić information content (AvgIpc) is 2.58. The van der Waals surface area contributed by atoms with Crippen molar-refractivity contribution in [3.63, 3.8) is 0 Å². The zero-order chi connectivity index (χ0) is 18.6. The van der Waals surface area contributed by atoms with E-state index < -0.39 is 0 Å². The Hall–Kier alpha value is -1.96. The molecule has 1 aromatic rings. The SMILES string of the molecule is C/C1=C\CC(C)(C)/C=C/C(=O)[C@H](C)C(c2cc(C)cc(C=O)c2)CC1. The van der Waals surface area contributed by atoms with Crippen molar-refractivity contribution in [1.82, 2.24) is 0 Å². The van der Waals surface area contributed by atoms with Crippen LogP contribution in [0.1, 0.15) is 74.4 Å². The van der Waals surface area contributed by atoms with Gasteiger partial charge in [-0.25, -0.2) is 0 Å². The summed E-state index contributed by atoms with van der Waals surface area (Å²) in [5, 5.41) is 0. The molecule has 1 unspecified atom stereocenters. The first-order valence-corrected chi connectivity index (χ1v) is 9.17. The lowest BCUT2D eigenvalue weighted by Crippen LogP contribution is -2.19. The third-order valence-corrected chi connectivity index (χ3v) is 5.26. The lowest BCUT2D eigenvalue weighted by atomic mass is 9.79. The van der Waals surface area contributed by atoms with Gasteiger partial charge in [-0.2, -0.15) is 0 Å². The van der Waals surface area contributed by atoms with Gasteiger partial charge in [0, 0.05) is 11.5 Å². The molecule has 0 spiro atoms. The highest BCUT2D eigenvalue weighted by Crippen LogP contribution is 2.34. The Labute approximate surface area is 152 Å². The third-order valence-electron chi connectivity index (χ3n) is 5.26. The maximum atomic E-state index is 12.8. The van der Waals surface area contributed by atoms with Gasteiger partial charge in [-0.3, -0.25) is 9.59 Å². The Kier molecular flexibility index (Phi) is 6.16. The van der Waals surface area contributed by atoms with E-state index in [1.54, 1.807) is 6.08 Å². The van der Waals surface area contributed by atoms with E-state index in [2.05, 4.69) is 32.9 Å². The molecule has 25 heavy (non-hydrogen) atoms. The molecular weight excluding hydrogens is 308 g/mol. The van der Waals surface area contributed by atoms with Gasteiger partial charge in [0.15, 0.2) is 5.78 Å². The fourth-order valence-corrected chi connectivity index (χ4v) is 3.48. The van der Waals surface area contributed by atoms with E-state index in [1.165, 1.54) is 5.57 Å². The summed E-state index contributed by atoms with van der Waals surface area (Å²) in [7, 11) is 0. The lowest BCUT2D eigenvalue weighted by Gasteiger charge is -2.24. The van der Waals surface area contributed by atoms with E-state index in [0.717, 1.165) is 36.7 Å². The van der Waals surface area contributed by atoms with E-state index in [9.17, 15) is 9.59 Å². The van der Waals surface area contributed by atoms with Crippen LogP contribution >= 0.6 is 0 Å². The summed E-state index contributed by atoms with van der Waals surface area (Å²) in [6.45, 7) is 10.5. The molecular formula is C23H30O2. The Morgan fingerprint density at radius 3 is 2.56 bits per heavy atom. The first-order chi connectivity index (χ1) is 11.7. The van der Waals surface area contributed by atoms with Crippen molar-refractivity contribution in [1.29, 1.82) is 0 Å². The number of carbonyl (C=O) groups excluding carboxylic acids is 2. The molecule has 0 radical (unpaired) electrons. The second-order valence-corrected chi connectivity index (χ2v) is 8.21. The minimum Gasteiger partial charge on any atom is -0.298 e. The Morgan fingerprint density at radius 1 is 1.16 bits per heavy atom. The maximum Gasteiger partial charge on any atom is 0.158 e. The molecule has 0 bridgehead atoms. The zero-order valence-electron chi connectivity index (χ0n) is 16.1. The number of ketones is 1. The van der Waals surface area contributed by atoms with Gasteiger partial charge >= 0.3 is 0 Å². The molecule has 0 N–H and O–H groups in total. The summed E-state index contributed by atoms with van der Waals surface area (Å²) in [5.41, 5.74) is 4.22. The molecule has 0 aromatic heterocycles. The summed E-state index contributed by atoms with van der Waals surface area (Å²) in [6, 6.07) is 5.95. The molecule has 0 fully saturated rings. The number of hydrogen-bond acceptors (Lipinski definition) is 2. The molecule has 1 aromatic carbocycles. The highest BCUT2D eigenvalue weighted by Gasteiger charge is 2.26. The monoisotopic (exact) mass is 338 g/mol. The minimum atomic E-state index is -0.0979. The minimum absolute atomic E-state index is 0.00943. The van der Waals surface area contributed by atoms with E-state index >= 15 is 0 Å². The van der Waals surface area contributed by atoms with Crippen LogP contribution in [0.3, 0.4) is 0 Å². The second kappa shape index (κ2) is 7.95. The number of aldehydes is 1. The van der Waals surface area contributed by atoms with Gasteiger partial charge in [-0.15, -0.1) is 0 Å². The van der Waals surface area contributed by atoms with Gasteiger partial charge in [-0.05, 0) is 68.2 Å². The molecule has 134 valence electrons. The van der Waals surface area contributed by atoms with Crippen molar-refractivity contribution < 1.29 is 9.59 Å². The fourth-order valence-electron chi connectivity index (χ4n) is 3.48. The van der Waals surface area contributed by atoms with Crippen molar-refractivity contribution in [3.8, 4) is 0 Å². The molecule has 1 aliphatic rings. The highest BCUT2D eigenvalue weighted by atomic mass is 16.1. The van der Waals surface area contributed by atoms with Crippen LogP contribution in [0, 0.1) is 18.3 Å². The average molecular weight is 338 g/mol. The Balaban J connectivity index is 2.43. The van der Waals surface area contributed by atoms with Crippen molar-refractivity contribution in [2.24, 2.45) is 11.3 Å². The van der Waals surface area contributed by atoms with Crippen LogP contribution in [0.4, 0.5) is 0 Å². The van der Waals surface area contributed by atoms with Gasteiger partial charge in [0.1, 0.15) is 6.29 Å². The summed E-state index contributed by atoms with van der Waals surface area (Å²) >= 11 is 0. The first-order valence-electron chi connectivity index (χ1n) is 9.17. The largest absolute Gasteiger partial charge is 0.298 e. The molecule has 2 heteroatoms. The van der Waals surface area contributed by atoms with Crippen LogP contribution in [0.5, 0.6) is 0 Å². The Bertz CT molecular complexity index is 707. The second-order valence-electron chi connectivity index (χ2n) is 8.21. The predicted octanol–water partition coefficient (Wildman–Crippen LogP) is 5.81.